The number of aryl methyl sites for hydroxylation is 1. The summed E-state index contributed by atoms with van der Waals surface area (Å²) in [6.45, 7) is 4.18. The number of hydrogen-bond donors (Lipinski definition) is 2. The zero-order valence-corrected chi connectivity index (χ0v) is 14.5. The fraction of sp³-hybridized carbons (Fsp3) is 0.263. The third kappa shape index (κ3) is 3.25. The quantitative estimate of drug-likeness (QED) is 0.716. The molecule has 0 radical (unpaired) electrons. The highest BCUT2D eigenvalue weighted by Gasteiger charge is 2.12. The Morgan fingerprint density at radius 2 is 1.75 bits per heavy atom. The van der Waals surface area contributed by atoms with Gasteiger partial charge in [-0.2, -0.15) is 4.98 Å². The van der Waals surface area contributed by atoms with Crippen molar-refractivity contribution in [1.82, 2.24) is 9.97 Å². The molecule has 0 saturated carbocycles. The van der Waals surface area contributed by atoms with Gasteiger partial charge in [0.1, 0.15) is 5.82 Å². The Balaban J connectivity index is 2.02. The number of fused-ring (bicyclic) bond motifs is 1. The second-order valence-electron chi connectivity index (χ2n) is 6.32. The number of nitrogen functional groups attached to an aromatic ring is 1. The number of anilines is 3. The molecule has 0 aliphatic carbocycles. The van der Waals surface area contributed by atoms with Gasteiger partial charge >= 0.3 is 0 Å². The highest BCUT2D eigenvalue weighted by molar-refractivity contribution is 5.90. The molecule has 0 spiro atoms. The van der Waals surface area contributed by atoms with Gasteiger partial charge in [0.05, 0.1) is 5.52 Å². The van der Waals surface area contributed by atoms with E-state index in [-0.39, 0.29) is 6.04 Å². The average Bonchev–Trinajstić information content (AvgIpc) is 2.54. The van der Waals surface area contributed by atoms with Crippen molar-refractivity contribution < 1.29 is 0 Å². The van der Waals surface area contributed by atoms with E-state index in [2.05, 4.69) is 42.3 Å². The Labute approximate surface area is 142 Å². The number of aromatic nitrogens is 2. The SMILES string of the molecule is Cc1ccc2c(N[C@@H](C)c3ccc(N)cc3)nc(N(C)C)nc2c1. The summed E-state index contributed by atoms with van der Waals surface area (Å²) in [4.78, 5) is 11.3. The molecule has 0 aliphatic rings. The summed E-state index contributed by atoms with van der Waals surface area (Å²) in [7, 11) is 3.90. The lowest BCUT2D eigenvalue weighted by Gasteiger charge is -2.19. The van der Waals surface area contributed by atoms with Gasteiger partial charge in [-0.25, -0.2) is 4.98 Å². The van der Waals surface area contributed by atoms with Crippen LogP contribution >= 0.6 is 0 Å². The van der Waals surface area contributed by atoms with E-state index in [1.807, 2.05) is 43.3 Å². The third-order valence-corrected chi connectivity index (χ3v) is 4.03. The first-order chi connectivity index (χ1) is 11.4. The minimum Gasteiger partial charge on any atom is -0.399 e. The van der Waals surface area contributed by atoms with Crippen molar-refractivity contribution in [2.24, 2.45) is 0 Å². The van der Waals surface area contributed by atoms with Crippen LogP contribution in [0.1, 0.15) is 24.1 Å². The lowest BCUT2D eigenvalue weighted by atomic mass is 10.1. The van der Waals surface area contributed by atoms with Crippen molar-refractivity contribution in [2.45, 2.75) is 19.9 Å². The van der Waals surface area contributed by atoms with Crippen LogP contribution in [-0.4, -0.2) is 24.1 Å². The van der Waals surface area contributed by atoms with Gasteiger partial charge < -0.3 is 16.0 Å². The van der Waals surface area contributed by atoms with Gasteiger partial charge in [-0.3, -0.25) is 0 Å². The molecule has 2 aromatic carbocycles. The molecule has 124 valence electrons. The van der Waals surface area contributed by atoms with Crippen molar-refractivity contribution in [2.75, 3.05) is 30.0 Å². The molecule has 24 heavy (non-hydrogen) atoms. The van der Waals surface area contributed by atoms with Crippen LogP contribution in [0.25, 0.3) is 10.9 Å². The molecule has 3 aromatic rings. The molecule has 5 nitrogen and oxygen atoms in total. The van der Waals surface area contributed by atoms with E-state index >= 15 is 0 Å². The number of nitrogens with zero attached hydrogens (tertiary/aromatic N) is 3. The van der Waals surface area contributed by atoms with Gasteiger partial charge in [0.15, 0.2) is 0 Å². The summed E-state index contributed by atoms with van der Waals surface area (Å²) >= 11 is 0. The number of nitrogens with two attached hydrogens (primary N) is 1. The molecule has 0 bridgehead atoms. The smallest absolute Gasteiger partial charge is 0.227 e. The molecular weight excluding hydrogens is 298 g/mol. The standard InChI is InChI=1S/C19H23N5/c1-12-5-10-16-17(11-12)22-19(24(3)4)23-18(16)21-13(2)14-6-8-15(20)9-7-14/h5-11,13H,20H2,1-4H3,(H,21,22,23)/t13-/m0/s1. The zero-order valence-electron chi connectivity index (χ0n) is 14.5. The predicted molar refractivity (Wildman–Crippen MR) is 101 cm³/mol. The highest BCUT2D eigenvalue weighted by Crippen LogP contribution is 2.27. The summed E-state index contributed by atoms with van der Waals surface area (Å²) in [5.41, 5.74) is 9.83. The van der Waals surface area contributed by atoms with Crippen LogP contribution in [0, 0.1) is 6.92 Å². The van der Waals surface area contributed by atoms with Crippen LogP contribution in [0.5, 0.6) is 0 Å². The van der Waals surface area contributed by atoms with E-state index in [0.717, 1.165) is 28.0 Å². The first-order valence-corrected chi connectivity index (χ1v) is 8.02. The summed E-state index contributed by atoms with van der Waals surface area (Å²) in [6, 6.07) is 14.3. The van der Waals surface area contributed by atoms with Crippen LogP contribution in [-0.2, 0) is 0 Å². The molecule has 0 aliphatic heterocycles. The number of benzene rings is 2. The molecular formula is C19H23N5. The molecule has 1 atom stereocenters. The second-order valence-corrected chi connectivity index (χ2v) is 6.32. The van der Waals surface area contributed by atoms with Crippen LogP contribution < -0.4 is 16.0 Å². The minimum atomic E-state index is 0.111. The molecule has 0 saturated heterocycles. The largest absolute Gasteiger partial charge is 0.399 e. The maximum absolute atomic E-state index is 5.77. The van der Waals surface area contributed by atoms with Crippen molar-refractivity contribution in [3.05, 3.63) is 53.6 Å². The molecule has 3 N–H and O–H groups in total. The van der Waals surface area contributed by atoms with E-state index in [0.29, 0.717) is 5.95 Å². The van der Waals surface area contributed by atoms with Gasteiger partial charge in [0.2, 0.25) is 5.95 Å². The lowest BCUT2D eigenvalue weighted by Crippen LogP contribution is -2.15. The van der Waals surface area contributed by atoms with E-state index in [9.17, 15) is 0 Å². The molecule has 1 aromatic heterocycles. The Morgan fingerprint density at radius 1 is 1.04 bits per heavy atom. The van der Waals surface area contributed by atoms with Crippen LogP contribution in [0.2, 0.25) is 0 Å². The number of hydrogen-bond acceptors (Lipinski definition) is 5. The number of rotatable bonds is 4. The molecule has 0 unspecified atom stereocenters. The summed E-state index contributed by atoms with van der Waals surface area (Å²) in [5, 5.41) is 4.54. The van der Waals surface area contributed by atoms with E-state index in [1.165, 1.54) is 5.56 Å². The van der Waals surface area contributed by atoms with Gasteiger partial charge in [0, 0.05) is 31.2 Å². The normalized spacial score (nSPS) is 12.2. The minimum absolute atomic E-state index is 0.111. The third-order valence-electron chi connectivity index (χ3n) is 4.03. The molecule has 1 heterocycles. The van der Waals surface area contributed by atoms with Gasteiger partial charge in [-0.1, -0.05) is 18.2 Å². The van der Waals surface area contributed by atoms with Gasteiger partial charge in [-0.15, -0.1) is 0 Å². The first-order valence-electron chi connectivity index (χ1n) is 8.02. The van der Waals surface area contributed by atoms with Crippen LogP contribution in [0.3, 0.4) is 0 Å². The maximum Gasteiger partial charge on any atom is 0.227 e. The molecule has 5 heteroatoms. The topological polar surface area (TPSA) is 67.1 Å². The zero-order chi connectivity index (χ0) is 17.3. The Hall–Kier alpha value is -2.82. The molecule has 3 rings (SSSR count). The maximum atomic E-state index is 5.77. The van der Waals surface area contributed by atoms with Crippen LogP contribution in [0.15, 0.2) is 42.5 Å². The monoisotopic (exact) mass is 321 g/mol. The van der Waals surface area contributed by atoms with Crippen molar-refractivity contribution >= 4 is 28.4 Å². The number of nitrogens with one attached hydrogen (secondary N) is 1. The summed E-state index contributed by atoms with van der Waals surface area (Å²) < 4.78 is 0. The van der Waals surface area contributed by atoms with E-state index < -0.39 is 0 Å². The molecule has 0 fully saturated rings. The van der Waals surface area contributed by atoms with Crippen molar-refractivity contribution in [1.29, 1.82) is 0 Å². The van der Waals surface area contributed by atoms with Gasteiger partial charge in [-0.05, 0) is 49.2 Å². The van der Waals surface area contributed by atoms with Gasteiger partial charge in [0.25, 0.3) is 0 Å². The Kier molecular flexibility index (Phi) is 4.25. The Bertz CT molecular complexity index is 856. The van der Waals surface area contributed by atoms with Crippen molar-refractivity contribution in [3.8, 4) is 0 Å². The summed E-state index contributed by atoms with van der Waals surface area (Å²) in [6.07, 6.45) is 0. The summed E-state index contributed by atoms with van der Waals surface area (Å²) in [5.74, 6) is 1.54. The average molecular weight is 321 g/mol. The Morgan fingerprint density at radius 3 is 2.42 bits per heavy atom. The second kappa shape index (κ2) is 6.35. The highest BCUT2D eigenvalue weighted by atomic mass is 15.2. The lowest BCUT2D eigenvalue weighted by molar-refractivity contribution is 0.873. The fourth-order valence-electron chi connectivity index (χ4n) is 2.61. The predicted octanol–water partition coefficient (Wildman–Crippen LogP) is 3.76. The fourth-order valence-corrected chi connectivity index (χ4v) is 2.61. The van der Waals surface area contributed by atoms with E-state index in [4.69, 9.17) is 10.7 Å². The first kappa shape index (κ1) is 16.1. The molecule has 0 amide bonds. The van der Waals surface area contributed by atoms with Crippen molar-refractivity contribution in [3.63, 3.8) is 0 Å². The van der Waals surface area contributed by atoms with Crippen LogP contribution in [0.4, 0.5) is 17.5 Å². The van der Waals surface area contributed by atoms with E-state index in [1.54, 1.807) is 0 Å².